The van der Waals surface area contributed by atoms with Crippen molar-refractivity contribution < 1.29 is 9.84 Å². The number of aliphatic hydroxyl groups excluding tert-OH is 1. The van der Waals surface area contributed by atoms with E-state index in [0.717, 1.165) is 5.01 Å². The Morgan fingerprint density at radius 1 is 1.80 bits per heavy atom. The molecule has 54 valence electrons. The molecule has 0 amide bonds. The van der Waals surface area contributed by atoms with Crippen molar-refractivity contribution in [3.8, 4) is 0 Å². The third-order valence-corrected chi connectivity index (χ3v) is 2.33. The lowest BCUT2D eigenvalue weighted by atomic mass is 10.1. The molecular weight excluding hydrogens is 150 g/mol. The predicted molar refractivity (Wildman–Crippen MR) is 36.8 cm³/mol. The molecule has 1 N–H and O–H groups in total. The van der Waals surface area contributed by atoms with Gasteiger partial charge in [-0.1, -0.05) is 0 Å². The summed E-state index contributed by atoms with van der Waals surface area (Å²) in [5, 5.41) is 11.9. The smallest absolute Gasteiger partial charge is 0.137 e. The summed E-state index contributed by atoms with van der Waals surface area (Å²) in [6.07, 6.45) is 1.22. The molecule has 0 unspecified atom stereocenters. The van der Waals surface area contributed by atoms with Crippen molar-refractivity contribution in [2.45, 2.75) is 12.2 Å². The average molecular weight is 157 g/mol. The Hall–Kier alpha value is -0.450. The summed E-state index contributed by atoms with van der Waals surface area (Å²) < 4.78 is 5.09. The first kappa shape index (κ1) is 6.27. The normalized spacial score (nSPS) is 31.7. The van der Waals surface area contributed by atoms with Gasteiger partial charge in [0.2, 0.25) is 0 Å². The van der Waals surface area contributed by atoms with Crippen LogP contribution in [0.15, 0.2) is 11.6 Å². The minimum Gasteiger partial charge on any atom is -0.388 e. The van der Waals surface area contributed by atoms with Crippen LogP contribution in [-0.4, -0.2) is 22.8 Å². The van der Waals surface area contributed by atoms with Crippen LogP contribution in [0.3, 0.4) is 0 Å². The van der Waals surface area contributed by atoms with Crippen molar-refractivity contribution in [1.82, 2.24) is 4.98 Å². The molecule has 1 aromatic heterocycles. The summed E-state index contributed by atoms with van der Waals surface area (Å²) in [6, 6.07) is 0. The monoisotopic (exact) mass is 157 g/mol. The van der Waals surface area contributed by atoms with Gasteiger partial charge in [-0.3, -0.25) is 0 Å². The van der Waals surface area contributed by atoms with Crippen molar-refractivity contribution in [3.05, 3.63) is 16.6 Å². The van der Waals surface area contributed by atoms with Gasteiger partial charge in [0.25, 0.3) is 0 Å². The Morgan fingerprint density at radius 3 is 3.10 bits per heavy atom. The third-order valence-electron chi connectivity index (χ3n) is 1.49. The first-order valence-electron chi connectivity index (χ1n) is 3.07. The van der Waals surface area contributed by atoms with E-state index in [1.54, 1.807) is 6.20 Å². The van der Waals surface area contributed by atoms with Gasteiger partial charge in [-0.15, -0.1) is 11.3 Å². The van der Waals surface area contributed by atoms with Gasteiger partial charge in [-0.05, 0) is 0 Å². The number of ether oxygens (including phenoxy) is 1. The Balaban J connectivity index is 2.14. The first-order valence-corrected chi connectivity index (χ1v) is 3.95. The highest BCUT2D eigenvalue weighted by Crippen LogP contribution is 2.30. The van der Waals surface area contributed by atoms with E-state index < -0.39 is 0 Å². The van der Waals surface area contributed by atoms with E-state index in [1.165, 1.54) is 11.3 Å². The van der Waals surface area contributed by atoms with Crippen LogP contribution in [0, 0.1) is 0 Å². The third kappa shape index (κ3) is 0.847. The van der Waals surface area contributed by atoms with Crippen LogP contribution in [0.5, 0.6) is 0 Å². The molecule has 2 rings (SSSR count). The van der Waals surface area contributed by atoms with E-state index in [2.05, 4.69) is 4.98 Å². The van der Waals surface area contributed by atoms with E-state index in [9.17, 15) is 0 Å². The molecule has 10 heavy (non-hydrogen) atoms. The minimum atomic E-state index is -0.342. The lowest BCUT2D eigenvalue weighted by molar-refractivity contribution is -0.165. The van der Waals surface area contributed by atoms with Crippen molar-refractivity contribution in [3.63, 3.8) is 0 Å². The highest BCUT2D eigenvalue weighted by atomic mass is 32.1. The van der Waals surface area contributed by atoms with Crippen molar-refractivity contribution in [2.75, 3.05) is 6.61 Å². The minimum absolute atomic E-state index is 0.153. The fraction of sp³-hybridized carbons (Fsp3) is 0.500. The summed E-state index contributed by atoms with van der Waals surface area (Å²) in [4.78, 5) is 4.02. The van der Waals surface area contributed by atoms with Crippen molar-refractivity contribution >= 4 is 11.3 Å². The quantitative estimate of drug-likeness (QED) is 0.648. The van der Waals surface area contributed by atoms with E-state index in [0.29, 0.717) is 6.61 Å². The van der Waals surface area contributed by atoms with Crippen LogP contribution in [0.2, 0.25) is 0 Å². The van der Waals surface area contributed by atoms with E-state index in [-0.39, 0.29) is 12.2 Å². The van der Waals surface area contributed by atoms with Crippen LogP contribution >= 0.6 is 11.3 Å². The molecule has 0 aromatic carbocycles. The van der Waals surface area contributed by atoms with Gasteiger partial charge < -0.3 is 9.84 Å². The number of rotatable bonds is 1. The van der Waals surface area contributed by atoms with Gasteiger partial charge in [0, 0.05) is 11.6 Å². The molecular formula is C6H7NO2S. The van der Waals surface area contributed by atoms with Crippen LogP contribution in [-0.2, 0) is 4.74 Å². The Morgan fingerprint density at radius 2 is 2.70 bits per heavy atom. The number of aliphatic hydroxyl groups is 1. The zero-order chi connectivity index (χ0) is 6.97. The zero-order valence-electron chi connectivity index (χ0n) is 5.23. The van der Waals surface area contributed by atoms with Gasteiger partial charge >= 0.3 is 0 Å². The zero-order valence-corrected chi connectivity index (χ0v) is 6.04. The molecule has 1 aromatic rings. The lowest BCUT2D eigenvalue weighted by Crippen LogP contribution is -2.37. The number of hydrogen-bond donors (Lipinski definition) is 1. The maximum Gasteiger partial charge on any atom is 0.137 e. The molecule has 0 spiro atoms. The largest absolute Gasteiger partial charge is 0.388 e. The van der Waals surface area contributed by atoms with Gasteiger partial charge in [0.15, 0.2) is 0 Å². The SMILES string of the molecule is O[C@@H]1CO[C@H]1c1nccs1. The van der Waals surface area contributed by atoms with Crippen molar-refractivity contribution in [1.29, 1.82) is 0 Å². The second-order valence-electron chi connectivity index (χ2n) is 2.19. The second kappa shape index (κ2) is 2.30. The van der Waals surface area contributed by atoms with Gasteiger partial charge in [0.1, 0.15) is 17.2 Å². The molecule has 0 aliphatic carbocycles. The summed E-state index contributed by atoms with van der Waals surface area (Å²) in [5.74, 6) is 0. The molecule has 1 saturated heterocycles. The first-order chi connectivity index (χ1) is 4.88. The molecule has 2 atom stereocenters. The standard InChI is InChI=1S/C6H7NO2S/c8-4-3-9-5(4)6-7-1-2-10-6/h1-2,4-5,8H,3H2/t4-,5-/m1/s1. The lowest BCUT2D eigenvalue weighted by Gasteiger charge is -2.30. The maximum absolute atomic E-state index is 9.12. The molecule has 1 aliphatic rings. The molecule has 1 fully saturated rings. The predicted octanol–water partition coefficient (Wildman–Crippen LogP) is 0.575. The molecule has 0 bridgehead atoms. The molecule has 2 heterocycles. The van der Waals surface area contributed by atoms with E-state index in [4.69, 9.17) is 9.84 Å². The fourth-order valence-electron chi connectivity index (χ4n) is 0.889. The molecule has 1 aliphatic heterocycles. The summed E-state index contributed by atoms with van der Waals surface area (Å²) in [5.41, 5.74) is 0. The number of aromatic nitrogens is 1. The number of thiazole rings is 1. The Labute approximate surface area is 62.3 Å². The summed E-state index contributed by atoms with van der Waals surface area (Å²) in [6.45, 7) is 0.449. The Bertz CT molecular complexity index is 212. The van der Waals surface area contributed by atoms with Gasteiger partial charge in [-0.25, -0.2) is 4.98 Å². The highest BCUT2D eigenvalue weighted by molar-refractivity contribution is 7.09. The molecule has 0 radical (unpaired) electrons. The topological polar surface area (TPSA) is 42.4 Å². The second-order valence-corrected chi connectivity index (χ2v) is 3.12. The van der Waals surface area contributed by atoms with Gasteiger partial charge in [-0.2, -0.15) is 0 Å². The number of hydrogen-bond acceptors (Lipinski definition) is 4. The average Bonchev–Trinajstić information content (AvgIpc) is 2.37. The van der Waals surface area contributed by atoms with Gasteiger partial charge in [0.05, 0.1) is 6.61 Å². The van der Waals surface area contributed by atoms with Crippen LogP contribution in [0.1, 0.15) is 11.1 Å². The molecule has 0 saturated carbocycles. The van der Waals surface area contributed by atoms with Crippen molar-refractivity contribution in [2.24, 2.45) is 0 Å². The fourth-order valence-corrected chi connectivity index (χ4v) is 1.63. The number of nitrogens with zero attached hydrogens (tertiary/aromatic N) is 1. The van der Waals surface area contributed by atoms with E-state index in [1.807, 2.05) is 5.38 Å². The molecule has 3 nitrogen and oxygen atoms in total. The maximum atomic E-state index is 9.12. The van der Waals surface area contributed by atoms with E-state index >= 15 is 0 Å². The Kier molecular flexibility index (Phi) is 1.44. The van der Waals surface area contributed by atoms with Crippen LogP contribution < -0.4 is 0 Å². The molecule has 4 heteroatoms. The van der Waals surface area contributed by atoms with Crippen LogP contribution in [0.25, 0.3) is 0 Å². The summed E-state index contributed by atoms with van der Waals surface area (Å²) in [7, 11) is 0. The van der Waals surface area contributed by atoms with Crippen LogP contribution in [0.4, 0.5) is 0 Å². The summed E-state index contributed by atoms with van der Waals surface area (Å²) >= 11 is 1.51. The highest BCUT2D eigenvalue weighted by Gasteiger charge is 2.33.